The van der Waals surface area contributed by atoms with Crippen LogP contribution in [0.4, 0.5) is 11.5 Å². The van der Waals surface area contributed by atoms with Crippen LogP contribution in [0, 0.1) is 0 Å². The number of benzene rings is 1. The zero-order valence-corrected chi connectivity index (χ0v) is 12.7. The molecule has 0 unspecified atom stereocenters. The van der Waals surface area contributed by atoms with Crippen molar-refractivity contribution in [2.24, 2.45) is 0 Å². The summed E-state index contributed by atoms with van der Waals surface area (Å²) in [6.07, 6.45) is 8.58. The van der Waals surface area contributed by atoms with Gasteiger partial charge < -0.3 is 5.32 Å². The van der Waals surface area contributed by atoms with Crippen LogP contribution in [0.5, 0.6) is 0 Å². The van der Waals surface area contributed by atoms with E-state index in [1.807, 2.05) is 48.5 Å². The molecule has 0 atom stereocenters. The lowest BCUT2D eigenvalue weighted by Crippen LogP contribution is -2.18. The first-order valence-electron chi connectivity index (χ1n) is 7.50. The highest BCUT2D eigenvalue weighted by atomic mass is 16.1. The fraction of sp³-hybridized carbons (Fsp3) is 0. The molecule has 0 bridgehead atoms. The van der Waals surface area contributed by atoms with Crippen molar-refractivity contribution in [3.8, 4) is 11.1 Å². The van der Waals surface area contributed by atoms with E-state index < -0.39 is 0 Å². The molecule has 2 aromatic heterocycles. The molecule has 4 rings (SSSR count). The summed E-state index contributed by atoms with van der Waals surface area (Å²) in [4.78, 5) is 21.0. The number of carbonyl (C=O) groups is 1. The summed E-state index contributed by atoms with van der Waals surface area (Å²) in [6.45, 7) is 0. The Morgan fingerprint density at radius 1 is 0.958 bits per heavy atom. The minimum absolute atomic E-state index is 0.302. The van der Waals surface area contributed by atoms with E-state index in [4.69, 9.17) is 0 Å². The van der Waals surface area contributed by atoms with Crippen molar-refractivity contribution in [2.45, 2.75) is 0 Å². The summed E-state index contributed by atoms with van der Waals surface area (Å²) in [5.41, 5.74) is 3.91. The van der Waals surface area contributed by atoms with Gasteiger partial charge in [0.15, 0.2) is 0 Å². The lowest BCUT2D eigenvalue weighted by Gasteiger charge is -2.18. The highest BCUT2D eigenvalue weighted by Crippen LogP contribution is 2.33. The van der Waals surface area contributed by atoms with E-state index in [1.54, 1.807) is 18.6 Å². The van der Waals surface area contributed by atoms with Crippen molar-refractivity contribution in [2.75, 3.05) is 5.32 Å². The number of anilines is 2. The molecule has 0 saturated carbocycles. The van der Waals surface area contributed by atoms with E-state index in [-0.39, 0.29) is 5.91 Å². The average molecular weight is 313 g/mol. The molecule has 115 valence electrons. The number of amides is 1. The third-order valence-electron chi connectivity index (χ3n) is 3.77. The monoisotopic (exact) mass is 313 g/mol. The van der Waals surface area contributed by atoms with Gasteiger partial charge in [0.1, 0.15) is 5.82 Å². The van der Waals surface area contributed by atoms with Crippen molar-refractivity contribution >= 4 is 23.5 Å². The van der Waals surface area contributed by atoms with Gasteiger partial charge in [-0.25, -0.2) is 10.3 Å². The van der Waals surface area contributed by atoms with Crippen LogP contribution in [-0.2, 0) is 0 Å². The number of nitrogens with one attached hydrogen (secondary N) is 1. The maximum absolute atomic E-state index is 12.4. The Bertz CT molecular complexity index is 921. The largest absolute Gasteiger partial charge is 0.340 e. The summed E-state index contributed by atoms with van der Waals surface area (Å²) in [7, 11) is 0. The van der Waals surface area contributed by atoms with Crippen LogP contribution >= 0.6 is 0 Å². The molecule has 1 aliphatic rings. The maximum Gasteiger partial charge on any atom is 0.281 e. The van der Waals surface area contributed by atoms with Gasteiger partial charge in [-0.2, -0.15) is 0 Å². The molecular weight excluding hydrogens is 300 g/mol. The summed E-state index contributed by atoms with van der Waals surface area (Å²) in [6, 6.07) is 13.4. The number of fused-ring (bicyclic) bond motifs is 1. The molecule has 0 fully saturated rings. The summed E-state index contributed by atoms with van der Waals surface area (Å²) in [5.74, 6) is 0.200. The topological polar surface area (TPSA) is 69.0 Å². The van der Waals surface area contributed by atoms with Crippen molar-refractivity contribution in [3.05, 3.63) is 78.4 Å². The van der Waals surface area contributed by atoms with E-state index in [0.717, 1.165) is 22.4 Å². The fourth-order valence-corrected chi connectivity index (χ4v) is 2.66. The standard InChI is InChI=1S/C19H13N4O/c24-19-17-15(8-10-21-19)16(13-5-4-9-20-11-13)12-22-18(17)23-14-6-2-1-3-7-14/h1-12H,(H,22,23). The molecule has 24 heavy (non-hydrogen) atoms. The first-order valence-corrected chi connectivity index (χ1v) is 7.50. The number of aromatic nitrogens is 2. The Morgan fingerprint density at radius 3 is 2.62 bits per heavy atom. The van der Waals surface area contributed by atoms with Gasteiger partial charge in [0.25, 0.3) is 5.91 Å². The minimum atomic E-state index is -0.302. The summed E-state index contributed by atoms with van der Waals surface area (Å²) >= 11 is 0. The van der Waals surface area contributed by atoms with Gasteiger partial charge in [0, 0.05) is 47.2 Å². The van der Waals surface area contributed by atoms with Crippen molar-refractivity contribution in [3.63, 3.8) is 0 Å². The number of hydrogen-bond donors (Lipinski definition) is 1. The SMILES string of the molecule is O=C1[N]C=Cc2c(-c3cccnc3)cnc(Nc3ccccc3)c21. The molecule has 1 aliphatic heterocycles. The number of pyridine rings is 2. The van der Waals surface area contributed by atoms with E-state index in [9.17, 15) is 4.79 Å². The number of nitrogens with zero attached hydrogens (tertiary/aromatic N) is 3. The van der Waals surface area contributed by atoms with E-state index in [0.29, 0.717) is 11.4 Å². The van der Waals surface area contributed by atoms with E-state index in [2.05, 4.69) is 20.6 Å². The van der Waals surface area contributed by atoms with Crippen LogP contribution in [0.1, 0.15) is 15.9 Å². The van der Waals surface area contributed by atoms with Gasteiger partial charge in [-0.3, -0.25) is 9.78 Å². The molecule has 3 heterocycles. The molecule has 0 saturated heterocycles. The third-order valence-corrected chi connectivity index (χ3v) is 3.77. The summed E-state index contributed by atoms with van der Waals surface area (Å²) in [5, 5.41) is 7.09. The Morgan fingerprint density at radius 2 is 1.83 bits per heavy atom. The molecule has 5 heteroatoms. The van der Waals surface area contributed by atoms with Gasteiger partial charge >= 0.3 is 0 Å². The van der Waals surface area contributed by atoms with Crippen LogP contribution in [-0.4, -0.2) is 15.9 Å². The zero-order valence-electron chi connectivity index (χ0n) is 12.7. The second-order valence-corrected chi connectivity index (χ2v) is 5.29. The predicted octanol–water partition coefficient (Wildman–Crippen LogP) is 3.62. The maximum atomic E-state index is 12.4. The van der Waals surface area contributed by atoms with Crippen LogP contribution in [0.25, 0.3) is 17.2 Å². The van der Waals surface area contributed by atoms with Crippen LogP contribution in [0.3, 0.4) is 0 Å². The van der Waals surface area contributed by atoms with Gasteiger partial charge in [0.05, 0.1) is 5.56 Å². The molecule has 3 aromatic rings. The minimum Gasteiger partial charge on any atom is -0.340 e. The van der Waals surface area contributed by atoms with Gasteiger partial charge in [-0.05, 0) is 24.3 Å². The molecular formula is C19H13N4O. The number of rotatable bonds is 3. The number of para-hydroxylation sites is 1. The van der Waals surface area contributed by atoms with Gasteiger partial charge in [-0.1, -0.05) is 24.3 Å². The van der Waals surface area contributed by atoms with Crippen LogP contribution < -0.4 is 10.6 Å². The lowest BCUT2D eigenvalue weighted by atomic mass is 9.96. The predicted molar refractivity (Wildman–Crippen MR) is 92.7 cm³/mol. The fourth-order valence-electron chi connectivity index (χ4n) is 2.66. The molecule has 0 spiro atoms. The van der Waals surface area contributed by atoms with Gasteiger partial charge in [-0.15, -0.1) is 0 Å². The first-order chi connectivity index (χ1) is 11.8. The molecule has 1 N–H and O–H groups in total. The van der Waals surface area contributed by atoms with E-state index in [1.165, 1.54) is 6.20 Å². The van der Waals surface area contributed by atoms with Crippen molar-refractivity contribution in [1.29, 1.82) is 0 Å². The second-order valence-electron chi connectivity index (χ2n) is 5.29. The van der Waals surface area contributed by atoms with Crippen LogP contribution in [0.15, 0.2) is 67.3 Å². The third kappa shape index (κ3) is 2.52. The molecule has 1 aromatic carbocycles. The molecule has 1 radical (unpaired) electrons. The first kappa shape index (κ1) is 14.1. The Hall–Kier alpha value is -3.47. The normalized spacial score (nSPS) is 12.4. The smallest absolute Gasteiger partial charge is 0.281 e. The Kier molecular flexibility index (Phi) is 3.51. The quantitative estimate of drug-likeness (QED) is 0.802. The zero-order chi connectivity index (χ0) is 16.4. The van der Waals surface area contributed by atoms with Crippen molar-refractivity contribution < 1.29 is 4.79 Å². The second kappa shape index (κ2) is 5.96. The molecule has 5 nitrogen and oxygen atoms in total. The molecule has 0 aliphatic carbocycles. The highest BCUT2D eigenvalue weighted by Gasteiger charge is 2.23. The van der Waals surface area contributed by atoms with Crippen LogP contribution in [0.2, 0.25) is 0 Å². The highest BCUT2D eigenvalue weighted by molar-refractivity contribution is 6.07. The lowest BCUT2D eigenvalue weighted by molar-refractivity contribution is 0.0965. The summed E-state index contributed by atoms with van der Waals surface area (Å²) < 4.78 is 0. The van der Waals surface area contributed by atoms with E-state index >= 15 is 0 Å². The Balaban J connectivity index is 1.86. The van der Waals surface area contributed by atoms with Crippen molar-refractivity contribution in [1.82, 2.24) is 15.3 Å². The number of hydrogen-bond acceptors (Lipinski definition) is 4. The number of carbonyl (C=O) groups excluding carboxylic acids is 1. The molecule has 1 amide bonds. The average Bonchev–Trinajstić information content (AvgIpc) is 2.63. The Labute approximate surface area is 139 Å². The van der Waals surface area contributed by atoms with Gasteiger partial charge in [0.2, 0.25) is 0 Å².